The molecule has 0 heterocycles. The molecule has 0 saturated carbocycles. The highest BCUT2D eigenvalue weighted by molar-refractivity contribution is 5.68. The van der Waals surface area contributed by atoms with Gasteiger partial charge in [0.05, 0.1) is 0 Å². The van der Waals surface area contributed by atoms with Crippen LogP contribution in [0.25, 0.3) is 24.3 Å². The first-order valence-corrected chi connectivity index (χ1v) is 6.31. The van der Waals surface area contributed by atoms with E-state index in [2.05, 4.69) is 45.2 Å². The number of hydrogen-bond acceptors (Lipinski definition) is 0. The molecule has 0 N–H and O–H groups in total. The van der Waals surface area contributed by atoms with Crippen LogP contribution < -0.4 is 10.4 Å². The first-order valence-electron chi connectivity index (χ1n) is 6.31. The summed E-state index contributed by atoms with van der Waals surface area (Å²) in [4.78, 5) is 0. The molecule has 0 unspecified atom stereocenters. The third-order valence-corrected chi connectivity index (χ3v) is 3.39. The Morgan fingerprint density at radius 3 is 2.41 bits per heavy atom. The maximum atomic E-state index is 3.96. The van der Waals surface area contributed by atoms with E-state index in [0.29, 0.717) is 5.92 Å². The molecular weight excluding hydrogens is 204 g/mol. The van der Waals surface area contributed by atoms with Gasteiger partial charge < -0.3 is 0 Å². The minimum atomic E-state index is 0.513. The van der Waals surface area contributed by atoms with Crippen molar-refractivity contribution in [1.82, 2.24) is 0 Å². The molecule has 1 aliphatic rings. The Balaban J connectivity index is 2.95. The van der Waals surface area contributed by atoms with Gasteiger partial charge in [0.25, 0.3) is 0 Å². The van der Waals surface area contributed by atoms with E-state index in [1.807, 2.05) is 12.2 Å². The van der Waals surface area contributed by atoms with Crippen LogP contribution >= 0.6 is 0 Å². The zero-order valence-corrected chi connectivity index (χ0v) is 10.8. The maximum absolute atomic E-state index is 3.96. The molecule has 0 heteroatoms. The molecule has 1 aromatic carbocycles. The monoisotopic (exact) mass is 224 g/mol. The van der Waals surface area contributed by atoms with Crippen molar-refractivity contribution in [2.75, 3.05) is 0 Å². The summed E-state index contributed by atoms with van der Waals surface area (Å²) < 4.78 is 0. The van der Waals surface area contributed by atoms with Gasteiger partial charge in [-0.05, 0) is 52.0 Å². The Morgan fingerprint density at radius 1 is 1.12 bits per heavy atom. The van der Waals surface area contributed by atoms with E-state index in [-0.39, 0.29) is 0 Å². The van der Waals surface area contributed by atoms with E-state index < -0.39 is 0 Å². The summed E-state index contributed by atoms with van der Waals surface area (Å²) in [6.07, 6.45) is 10.9. The van der Waals surface area contributed by atoms with Crippen LogP contribution in [0.3, 0.4) is 0 Å². The highest BCUT2D eigenvalue weighted by Gasteiger charge is 2.11. The molecule has 0 saturated heterocycles. The van der Waals surface area contributed by atoms with E-state index in [1.165, 1.54) is 27.1 Å². The summed E-state index contributed by atoms with van der Waals surface area (Å²) in [5.41, 5.74) is 3.87. The summed E-state index contributed by atoms with van der Waals surface area (Å²) in [5.74, 6) is 0.513. The fourth-order valence-corrected chi connectivity index (χ4v) is 2.66. The van der Waals surface area contributed by atoms with Gasteiger partial charge in [-0.25, -0.2) is 0 Å². The smallest absolute Gasteiger partial charge is 0.0149 e. The molecule has 0 radical (unpaired) electrons. The van der Waals surface area contributed by atoms with Gasteiger partial charge in [0, 0.05) is 0 Å². The number of hydrogen-bond donors (Lipinski definition) is 0. The molecular formula is C17H20. The van der Waals surface area contributed by atoms with Crippen molar-refractivity contribution in [2.45, 2.75) is 32.6 Å². The van der Waals surface area contributed by atoms with Crippen LogP contribution in [0.15, 0.2) is 19.2 Å². The maximum Gasteiger partial charge on any atom is -0.0149 e. The summed E-state index contributed by atoms with van der Waals surface area (Å²) in [7, 11) is 0. The first-order chi connectivity index (χ1) is 8.19. The quantitative estimate of drug-likeness (QED) is 0.737. The Morgan fingerprint density at radius 2 is 1.82 bits per heavy atom. The minimum Gasteiger partial charge on any atom is -0.0984 e. The van der Waals surface area contributed by atoms with Crippen molar-refractivity contribution in [2.24, 2.45) is 0 Å². The van der Waals surface area contributed by atoms with E-state index in [4.69, 9.17) is 0 Å². The molecule has 0 bridgehead atoms. The van der Waals surface area contributed by atoms with Gasteiger partial charge in [0.1, 0.15) is 0 Å². The highest BCUT2D eigenvalue weighted by Crippen LogP contribution is 2.21. The Bertz CT molecular complexity index is 571. The largest absolute Gasteiger partial charge is 0.0984 e. The van der Waals surface area contributed by atoms with E-state index >= 15 is 0 Å². The minimum absolute atomic E-state index is 0.513. The molecule has 0 fully saturated rings. The molecule has 0 atom stereocenters. The molecule has 88 valence electrons. The van der Waals surface area contributed by atoms with Gasteiger partial charge in [-0.2, -0.15) is 0 Å². The van der Waals surface area contributed by atoms with Gasteiger partial charge in [0.15, 0.2) is 0 Å². The van der Waals surface area contributed by atoms with Crippen LogP contribution in [-0.2, 0) is 0 Å². The molecule has 17 heavy (non-hydrogen) atoms. The first kappa shape index (κ1) is 11.9. The molecule has 0 amide bonds. The van der Waals surface area contributed by atoms with E-state index in [9.17, 15) is 0 Å². The predicted octanol–water partition coefficient (Wildman–Crippen LogP) is 3.45. The van der Waals surface area contributed by atoms with Crippen molar-refractivity contribution >= 4 is 24.3 Å². The number of rotatable bonds is 3. The second-order valence-corrected chi connectivity index (χ2v) is 4.84. The van der Waals surface area contributed by atoms with Crippen molar-refractivity contribution in [3.8, 4) is 0 Å². The number of fused-ring (bicyclic) bond motifs is 1. The number of benzene rings is 1. The van der Waals surface area contributed by atoms with Crippen molar-refractivity contribution < 1.29 is 0 Å². The Hall–Kier alpha value is -1.56. The van der Waals surface area contributed by atoms with Gasteiger partial charge in [-0.1, -0.05) is 51.3 Å². The lowest BCUT2D eigenvalue weighted by Gasteiger charge is -2.16. The highest BCUT2D eigenvalue weighted by atomic mass is 14.2. The summed E-state index contributed by atoms with van der Waals surface area (Å²) in [6.45, 7) is 12.4. The zero-order chi connectivity index (χ0) is 12.4. The van der Waals surface area contributed by atoms with Crippen LogP contribution in [0, 0.1) is 0 Å². The van der Waals surface area contributed by atoms with Crippen molar-refractivity contribution in [3.05, 3.63) is 46.4 Å². The van der Waals surface area contributed by atoms with Gasteiger partial charge in [0.2, 0.25) is 0 Å². The van der Waals surface area contributed by atoms with Crippen molar-refractivity contribution in [3.63, 3.8) is 0 Å². The van der Waals surface area contributed by atoms with Crippen molar-refractivity contribution in [1.29, 1.82) is 0 Å². The molecule has 0 aliphatic heterocycles. The molecule has 1 aromatic rings. The SMILES string of the molecule is C=Cc1cc2c(c(C(C)C)c1C=C)=CCCC=2. The topological polar surface area (TPSA) is 0 Å². The second kappa shape index (κ2) is 4.75. The van der Waals surface area contributed by atoms with Gasteiger partial charge in [-0.15, -0.1) is 0 Å². The third-order valence-electron chi connectivity index (χ3n) is 3.39. The third kappa shape index (κ3) is 2.00. The predicted molar refractivity (Wildman–Crippen MR) is 78.1 cm³/mol. The molecule has 0 aromatic heterocycles. The van der Waals surface area contributed by atoms with Crippen LogP contribution in [0.2, 0.25) is 0 Å². The second-order valence-electron chi connectivity index (χ2n) is 4.84. The standard InChI is InChI=1S/C17H20/c1-5-13-11-14-9-7-8-10-16(14)17(12(3)4)15(13)6-2/h5-6,9-12H,1-2,7-8H2,3-4H3. The van der Waals surface area contributed by atoms with Gasteiger partial charge >= 0.3 is 0 Å². The van der Waals surface area contributed by atoms with E-state index in [0.717, 1.165) is 12.8 Å². The zero-order valence-electron chi connectivity index (χ0n) is 10.8. The summed E-state index contributed by atoms with van der Waals surface area (Å²) in [6, 6.07) is 2.24. The van der Waals surface area contributed by atoms with Crippen LogP contribution in [-0.4, -0.2) is 0 Å². The van der Waals surface area contributed by atoms with Gasteiger partial charge in [-0.3, -0.25) is 0 Å². The summed E-state index contributed by atoms with van der Waals surface area (Å²) >= 11 is 0. The lowest BCUT2D eigenvalue weighted by molar-refractivity contribution is 0.850. The lowest BCUT2D eigenvalue weighted by atomic mass is 9.88. The molecule has 0 nitrogen and oxygen atoms in total. The molecule has 2 rings (SSSR count). The average Bonchev–Trinajstić information content (AvgIpc) is 2.35. The van der Waals surface area contributed by atoms with E-state index in [1.54, 1.807) is 0 Å². The average molecular weight is 224 g/mol. The van der Waals surface area contributed by atoms with Crippen LogP contribution in [0.5, 0.6) is 0 Å². The normalized spacial score (nSPS) is 13.6. The fraction of sp³-hybridized carbons (Fsp3) is 0.294. The van der Waals surface area contributed by atoms with Crippen LogP contribution in [0.1, 0.15) is 49.3 Å². The summed E-state index contributed by atoms with van der Waals surface area (Å²) in [5, 5.41) is 2.77. The molecule has 0 spiro atoms. The lowest BCUT2D eigenvalue weighted by Crippen LogP contribution is -2.32. The molecule has 1 aliphatic carbocycles. The Labute approximate surface area is 104 Å². The fourth-order valence-electron chi connectivity index (χ4n) is 2.66. The van der Waals surface area contributed by atoms with Crippen LogP contribution in [0.4, 0.5) is 0 Å². The Kier molecular flexibility index (Phi) is 3.33.